The largest absolute Gasteiger partial charge is 0.461 e. The quantitative estimate of drug-likeness (QED) is 0.198. The second kappa shape index (κ2) is 15.7. The number of benzene rings is 3. The molecule has 3 aromatic rings. The van der Waals surface area contributed by atoms with Crippen molar-refractivity contribution in [3.05, 3.63) is 131 Å². The van der Waals surface area contributed by atoms with Gasteiger partial charge in [-0.25, -0.2) is 9.59 Å². The summed E-state index contributed by atoms with van der Waals surface area (Å²) in [6, 6.07) is 26.4. The molecule has 4 rings (SSSR count). The molecule has 1 aliphatic rings. The molecule has 2 amide bonds. The van der Waals surface area contributed by atoms with Crippen molar-refractivity contribution in [2.45, 2.75) is 32.3 Å². The second-order valence-corrected chi connectivity index (χ2v) is 9.88. The van der Waals surface area contributed by atoms with Gasteiger partial charge in [-0.2, -0.15) is 0 Å². The highest BCUT2D eigenvalue weighted by molar-refractivity contribution is 5.88. The lowest BCUT2D eigenvalue weighted by atomic mass is 9.91. The van der Waals surface area contributed by atoms with Crippen LogP contribution in [0.15, 0.2) is 115 Å². The molecule has 0 bridgehead atoms. The Hall–Kier alpha value is -5.18. The van der Waals surface area contributed by atoms with Crippen LogP contribution in [0.5, 0.6) is 0 Å². The Morgan fingerprint density at radius 1 is 0.767 bits per heavy atom. The van der Waals surface area contributed by atoms with Crippen LogP contribution < -0.4 is 5.32 Å². The number of carbonyl (C=O) groups is 4. The van der Waals surface area contributed by atoms with Crippen LogP contribution in [0.4, 0.5) is 4.79 Å². The lowest BCUT2D eigenvalue weighted by Gasteiger charge is -2.25. The van der Waals surface area contributed by atoms with E-state index in [1.807, 2.05) is 91.0 Å². The van der Waals surface area contributed by atoms with Gasteiger partial charge in [0, 0.05) is 25.6 Å². The highest BCUT2D eigenvalue weighted by Gasteiger charge is 2.47. The van der Waals surface area contributed by atoms with E-state index in [1.54, 1.807) is 6.08 Å². The van der Waals surface area contributed by atoms with Gasteiger partial charge in [-0.05, 0) is 22.3 Å². The Kier molecular flexibility index (Phi) is 11.2. The van der Waals surface area contributed by atoms with Crippen molar-refractivity contribution in [1.29, 1.82) is 0 Å². The summed E-state index contributed by atoms with van der Waals surface area (Å²) >= 11 is 0. The van der Waals surface area contributed by atoms with Gasteiger partial charge < -0.3 is 19.5 Å². The van der Waals surface area contributed by atoms with E-state index in [4.69, 9.17) is 14.2 Å². The summed E-state index contributed by atoms with van der Waals surface area (Å²) in [5.74, 6) is -2.33. The molecule has 1 saturated heterocycles. The van der Waals surface area contributed by atoms with E-state index in [-0.39, 0.29) is 38.7 Å². The fourth-order valence-electron chi connectivity index (χ4n) is 4.66. The molecule has 0 aliphatic carbocycles. The fraction of sp³-hybridized carbons (Fsp3) is 0.235. The number of nitrogens with zero attached hydrogens (tertiary/aromatic N) is 1. The number of nitrogens with one attached hydrogen (secondary N) is 1. The van der Waals surface area contributed by atoms with E-state index in [9.17, 15) is 19.2 Å². The van der Waals surface area contributed by atoms with Gasteiger partial charge in [-0.15, -0.1) is 0 Å². The Balaban J connectivity index is 1.58. The molecule has 43 heavy (non-hydrogen) atoms. The summed E-state index contributed by atoms with van der Waals surface area (Å²) in [4.78, 5) is 53.1. The van der Waals surface area contributed by atoms with Crippen molar-refractivity contribution in [3.63, 3.8) is 0 Å². The van der Waals surface area contributed by atoms with E-state index >= 15 is 0 Å². The first-order valence-corrected chi connectivity index (χ1v) is 13.9. The SMILES string of the molecule is CNC(=O)/C=C/C=C1\CN(C(=O)OCc2ccccc2)[C@H](C(=O)OCc2ccccc2)[C@H]1CC(=O)OCc1ccccc1. The molecule has 0 saturated carbocycles. The monoisotopic (exact) mass is 582 g/mol. The van der Waals surface area contributed by atoms with Crippen LogP contribution in [0.2, 0.25) is 0 Å². The number of esters is 2. The predicted molar refractivity (Wildman–Crippen MR) is 159 cm³/mol. The third-order valence-corrected chi connectivity index (χ3v) is 6.88. The Bertz CT molecular complexity index is 1440. The third kappa shape index (κ3) is 9.16. The zero-order valence-corrected chi connectivity index (χ0v) is 23.9. The first-order valence-electron chi connectivity index (χ1n) is 13.9. The van der Waals surface area contributed by atoms with Crippen molar-refractivity contribution >= 4 is 23.9 Å². The maximum atomic E-state index is 13.6. The predicted octanol–water partition coefficient (Wildman–Crippen LogP) is 4.73. The van der Waals surface area contributed by atoms with Crippen LogP contribution in [-0.4, -0.2) is 48.5 Å². The zero-order valence-electron chi connectivity index (χ0n) is 23.9. The zero-order chi connectivity index (χ0) is 30.4. The Morgan fingerprint density at radius 2 is 1.28 bits per heavy atom. The molecule has 1 N–H and O–H groups in total. The molecule has 3 aromatic carbocycles. The highest BCUT2D eigenvalue weighted by atomic mass is 16.6. The summed E-state index contributed by atoms with van der Waals surface area (Å²) in [5.41, 5.74) is 2.95. The molecule has 0 spiro atoms. The minimum Gasteiger partial charge on any atom is -0.461 e. The van der Waals surface area contributed by atoms with Gasteiger partial charge in [-0.3, -0.25) is 14.5 Å². The maximum absolute atomic E-state index is 13.6. The summed E-state index contributed by atoms with van der Waals surface area (Å²) in [5, 5.41) is 2.50. The molecule has 0 aromatic heterocycles. The van der Waals surface area contributed by atoms with Crippen molar-refractivity contribution in [2.75, 3.05) is 13.6 Å². The third-order valence-electron chi connectivity index (χ3n) is 6.88. The second-order valence-electron chi connectivity index (χ2n) is 9.88. The number of amides is 2. The maximum Gasteiger partial charge on any atom is 0.411 e. The lowest BCUT2D eigenvalue weighted by molar-refractivity contribution is -0.152. The molecule has 1 heterocycles. The van der Waals surface area contributed by atoms with Gasteiger partial charge in [0.05, 0.1) is 6.42 Å². The molecule has 2 atom stereocenters. The van der Waals surface area contributed by atoms with Gasteiger partial charge in [-0.1, -0.05) is 103 Å². The van der Waals surface area contributed by atoms with Crippen molar-refractivity contribution in [1.82, 2.24) is 10.2 Å². The van der Waals surface area contributed by atoms with Crippen molar-refractivity contribution < 1.29 is 33.4 Å². The van der Waals surface area contributed by atoms with Crippen LogP contribution in [0, 0.1) is 5.92 Å². The van der Waals surface area contributed by atoms with Crippen molar-refractivity contribution in [2.24, 2.45) is 5.92 Å². The van der Waals surface area contributed by atoms with Crippen LogP contribution in [-0.2, 0) is 48.4 Å². The van der Waals surface area contributed by atoms with Crippen LogP contribution in [0.1, 0.15) is 23.1 Å². The lowest BCUT2D eigenvalue weighted by Crippen LogP contribution is -2.44. The molecule has 9 heteroatoms. The summed E-state index contributed by atoms with van der Waals surface area (Å²) < 4.78 is 16.8. The summed E-state index contributed by atoms with van der Waals surface area (Å²) in [6.07, 6.45) is 3.54. The number of likely N-dealkylation sites (N-methyl/N-ethyl adjacent to an activating group) is 1. The number of rotatable bonds is 11. The van der Waals surface area contributed by atoms with Crippen molar-refractivity contribution in [3.8, 4) is 0 Å². The van der Waals surface area contributed by atoms with Crippen LogP contribution >= 0.6 is 0 Å². The minimum absolute atomic E-state index is 0.00135. The normalized spacial score (nSPS) is 17.0. The van der Waals surface area contributed by atoms with Gasteiger partial charge in [0.1, 0.15) is 25.9 Å². The average molecular weight is 583 g/mol. The molecule has 0 unspecified atom stereocenters. The average Bonchev–Trinajstić information content (AvgIpc) is 3.40. The highest BCUT2D eigenvalue weighted by Crippen LogP contribution is 2.34. The number of hydrogen-bond acceptors (Lipinski definition) is 7. The number of allylic oxidation sites excluding steroid dienone is 2. The van der Waals surface area contributed by atoms with E-state index in [0.717, 1.165) is 16.7 Å². The number of ether oxygens (including phenoxy) is 3. The summed E-state index contributed by atoms with van der Waals surface area (Å²) in [6.45, 7) is 0.0483. The molecule has 222 valence electrons. The van der Waals surface area contributed by atoms with Gasteiger partial charge in [0.25, 0.3) is 0 Å². The smallest absolute Gasteiger partial charge is 0.411 e. The summed E-state index contributed by atoms with van der Waals surface area (Å²) in [7, 11) is 1.50. The van der Waals surface area contributed by atoms with E-state index < -0.39 is 30.0 Å². The van der Waals surface area contributed by atoms with Gasteiger partial charge in [0.2, 0.25) is 5.91 Å². The van der Waals surface area contributed by atoms with Crippen LogP contribution in [0.3, 0.4) is 0 Å². The molecule has 1 aliphatic heterocycles. The van der Waals surface area contributed by atoms with E-state index in [1.165, 1.54) is 24.1 Å². The number of likely N-dealkylation sites (tertiary alicyclic amines) is 1. The van der Waals surface area contributed by atoms with Crippen LogP contribution in [0.25, 0.3) is 0 Å². The Labute approximate surface area is 250 Å². The molecule has 1 fully saturated rings. The first-order chi connectivity index (χ1) is 20.9. The standard InChI is InChI=1S/C34H34N2O7/c1-35-30(37)19-11-18-28-21-36(34(40)43-24-27-16-9-4-10-17-27)32(33(39)42-23-26-14-7-3-8-15-26)29(28)20-31(38)41-22-25-12-5-2-6-13-25/h2-19,29,32H,20-24H2,1H3,(H,35,37)/b19-11+,28-18+/t29-,32-/m0/s1. The Morgan fingerprint density at radius 3 is 1.81 bits per heavy atom. The fourth-order valence-corrected chi connectivity index (χ4v) is 4.66. The topological polar surface area (TPSA) is 111 Å². The molecule has 9 nitrogen and oxygen atoms in total. The molecular weight excluding hydrogens is 548 g/mol. The first kappa shape index (κ1) is 30.8. The minimum atomic E-state index is -1.16. The molecular formula is C34H34N2O7. The molecule has 0 radical (unpaired) electrons. The van der Waals surface area contributed by atoms with Gasteiger partial charge >= 0.3 is 18.0 Å². The van der Waals surface area contributed by atoms with Gasteiger partial charge in [0.15, 0.2) is 0 Å². The van der Waals surface area contributed by atoms with E-state index in [0.29, 0.717) is 5.57 Å². The number of carbonyl (C=O) groups excluding carboxylic acids is 4. The van der Waals surface area contributed by atoms with E-state index in [2.05, 4.69) is 5.32 Å². The number of hydrogen-bond donors (Lipinski definition) is 1.